The fourth-order valence-corrected chi connectivity index (χ4v) is 1.65. The molecule has 3 nitrogen and oxygen atoms in total. The molecule has 0 spiro atoms. The zero-order chi connectivity index (χ0) is 13.9. The number of pyridine rings is 1. The van der Waals surface area contributed by atoms with Crippen molar-refractivity contribution in [3.63, 3.8) is 0 Å². The molecular weight excluding hydrogens is 255 g/mol. The second kappa shape index (κ2) is 5.17. The lowest BCUT2D eigenvalue weighted by Gasteiger charge is -2.15. The second-order valence-electron chi connectivity index (χ2n) is 4.01. The Bertz CT molecular complexity index is 553. The summed E-state index contributed by atoms with van der Waals surface area (Å²) in [6.07, 6.45) is -1.26. The van der Waals surface area contributed by atoms with E-state index in [4.69, 9.17) is 5.73 Å². The highest BCUT2D eigenvalue weighted by molar-refractivity contribution is 5.59. The SMILES string of the molecule is Nc1ccc(NCc2ccncc2)c(C(F)(F)F)c1. The van der Waals surface area contributed by atoms with Gasteiger partial charge in [0.05, 0.1) is 5.56 Å². The molecule has 0 amide bonds. The maximum atomic E-state index is 12.8. The zero-order valence-corrected chi connectivity index (χ0v) is 9.91. The van der Waals surface area contributed by atoms with Gasteiger partial charge in [0.15, 0.2) is 0 Å². The molecule has 100 valence electrons. The van der Waals surface area contributed by atoms with Crippen molar-refractivity contribution in [3.8, 4) is 0 Å². The van der Waals surface area contributed by atoms with Gasteiger partial charge in [-0.05, 0) is 35.9 Å². The highest BCUT2D eigenvalue weighted by Crippen LogP contribution is 2.36. The molecule has 0 aliphatic heterocycles. The third-order valence-corrected chi connectivity index (χ3v) is 2.58. The molecule has 1 heterocycles. The Labute approximate surface area is 108 Å². The Morgan fingerprint density at radius 2 is 1.79 bits per heavy atom. The third kappa shape index (κ3) is 3.37. The van der Waals surface area contributed by atoms with Gasteiger partial charge in [-0.1, -0.05) is 0 Å². The van der Waals surface area contributed by atoms with Gasteiger partial charge >= 0.3 is 6.18 Å². The number of nitrogens with zero attached hydrogens (tertiary/aromatic N) is 1. The van der Waals surface area contributed by atoms with Gasteiger partial charge in [0, 0.05) is 30.3 Å². The van der Waals surface area contributed by atoms with Crippen molar-refractivity contribution in [2.24, 2.45) is 0 Å². The maximum absolute atomic E-state index is 12.8. The van der Waals surface area contributed by atoms with Crippen LogP contribution < -0.4 is 11.1 Å². The first-order valence-corrected chi connectivity index (χ1v) is 5.56. The van der Waals surface area contributed by atoms with Gasteiger partial charge in [-0.15, -0.1) is 0 Å². The van der Waals surface area contributed by atoms with E-state index >= 15 is 0 Å². The van der Waals surface area contributed by atoms with Crippen molar-refractivity contribution < 1.29 is 13.2 Å². The Morgan fingerprint density at radius 1 is 1.11 bits per heavy atom. The molecule has 0 atom stereocenters. The van der Waals surface area contributed by atoms with Crippen LogP contribution in [0.25, 0.3) is 0 Å². The third-order valence-electron chi connectivity index (χ3n) is 2.58. The van der Waals surface area contributed by atoms with Gasteiger partial charge in [0.1, 0.15) is 0 Å². The number of nitrogens with one attached hydrogen (secondary N) is 1. The van der Waals surface area contributed by atoms with E-state index in [0.717, 1.165) is 11.6 Å². The van der Waals surface area contributed by atoms with Gasteiger partial charge in [-0.25, -0.2) is 0 Å². The lowest BCUT2D eigenvalue weighted by atomic mass is 10.1. The van der Waals surface area contributed by atoms with Crippen LogP contribution >= 0.6 is 0 Å². The number of benzene rings is 1. The largest absolute Gasteiger partial charge is 0.418 e. The van der Waals surface area contributed by atoms with Crippen LogP contribution in [0.2, 0.25) is 0 Å². The average molecular weight is 267 g/mol. The molecule has 1 aromatic heterocycles. The molecule has 6 heteroatoms. The van der Waals surface area contributed by atoms with Crippen LogP contribution in [0.1, 0.15) is 11.1 Å². The smallest absolute Gasteiger partial charge is 0.399 e. The first-order valence-electron chi connectivity index (χ1n) is 5.56. The van der Waals surface area contributed by atoms with E-state index in [-0.39, 0.29) is 17.9 Å². The number of halogens is 3. The quantitative estimate of drug-likeness (QED) is 0.839. The normalized spacial score (nSPS) is 11.3. The minimum Gasteiger partial charge on any atom is -0.399 e. The molecule has 0 unspecified atom stereocenters. The molecular formula is C13H12F3N3. The first kappa shape index (κ1) is 13.2. The van der Waals surface area contributed by atoms with Crippen LogP contribution in [0.3, 0.4) is 0 Å². The molecule has 2 rings (SSSR count). The van der Waals surface area contributed by atoms with Gasteiger partial charge in [0.25, 0.3) is 0 Å². The predicted molar refractivity (Wildman–Crippen MR) is 67.4 cm³/mol. The Balaban J connectivity index is 2.21. The predicted octanol–water partition coefficient (Wildman–Crippen LogP) is 3.29. The van der Waals surface area contributed by atoms with Gasteiger partial charge in [-0.2, -0.15) is 13.2 Å². The van der Waals surface area contributed by atoms with Crippen LogP contribution in [-0.4, -0.2) is 4.98 Å². The molecule has 3 N–H and O–H groups in total. The van der Waals surface area contributed by atoms with E-state index in [9.17, 15) is 13.2 Å². The van der Waals surface area contributed by atoms with E-state index in [1.54, 1.807) is 24.5 Å². The highest BCUT2D eigenvalue weighted by Gasteiger charge is 2.33. The molecule has 2 aromatic rings. The first-order chi connectivity index (χ1) is 8.97. The number of rotatable bonds is 3. The van der Waals surface area contributed by atoms with Crippen molar-refractivity contribution in [3.05, 3.63) is 53.9 Å². The fourth-order valence-electron chi connectivity index (χ4n) is 1.65. The molecule has 0 bridgehead atoms. The van der Waals surface area contributed by atoms with E-state index in [1.165, 1.54) is 12.1 Å². The summed E-state index contributed by atoms with van der Waals surface area (Å²) in [5.41, 5.74) is 5.58. The summed E-state index contributed by atoms with van der Waals surface area (Å²) < 4.78 is 38.5. The minimum atomic E-state index is -4.43. The van der Waals surface area contributed by atoms with Crippen LogP contribution in [0, 0.1) is 0 Å². The second-order valence-corrected chi connectivity index (χ2v) is 4.01. The lowest BCUT2D eigenvalue weighted by Crippen LogP contribution is -2.11. The van der Waals surface area contributed by atoms with Crippen molar-refractivity contribution in [1.29, 1.82) is 0 Å². The molecule has 0 radical (unpaired) electrons. The summed E-state index contributed by atoms with van der Waals surface area (Å²) in [6, 6.07) is 7.16. The summed E-state index contributed by atoms with van der Waals surface area (Å²) >= 11 is 0. The molecule has 0 saturated heterocycles. The topological polar surface area (TPSA) is 50.9 Å². The van der Waals surface area contributed by atoms with Gasteiger partial charge < -0.3 is 11.1 Å². The van der Waals surface area contributed by atoms with Crippen molar-refractivity contribution in [1.82, 2.24) is 4.98 Å². The summed E-state index contributed by atoms with van der Waals surface area (Å²) in [5.74, 6) is 0. The summed E-state index contributed by atoms with van der Waals surface area (Å²) in [5, 5.41) is 2.76. The van der Waals surface area contributed by atoms with Crippen molar-refractivity contribution in [2.75, 3.05) is 11.1 Å². The van der Waals surface area contributed by atoms with Gasteiger partial charge in [0.2, 0.25) is 0 Å². The molecule has 1 aromatic carbocycles. The van der Waals surface area contributed by atoms with E-state index in [2.05, 4.69) is 10.3 Å². The highest BCUT2D eigenvalue weighted by atomic mass is 19.4. The summed E-state index contributed by atoms with van der Waals surface area (Å²) in [6.45, 7) is 0.287. The number of nitrogen functional groups attached to an aromatic ring is 1. The standard InChI is InChI=1S/C13H12F3N3/c14-13(15,16)11-7-10(17)1-2-12(11)19-8-9-3-5-18-6-4-9/h1-7,19H,8,17H2. The number of nitrogens with two attached hydrogens (primary N) is 1. The molecule has 19 heavy (non-hydrogen) atoms. The van der Waals surface area contributed by atoms with Gasteiger partial charge in [-0.3, -0.25) is 4.98 Å². The Kier molecular flexibility index (Phi) is 3.59. The molecule has 0 aliphatic carbocycles. The fraction of sp³-hybridized carbons (Fsp3) is 0.154. The summed E-state index contributed by atoms with van der Waals surface area (Å²) in [7, 11) is 0. The van der Waals surface area contributed by atoms with E-state index < -0.39 is 11.7 Å². The van der Waals surface area contributed by atoms with Crippen molar-refractivity contribution in [2.45, 2.75) is 12.7 Å². The van der Waals surface area contributed by atoms with Crippen LogP contribution in [0.4, 0.5) is 24.5 Å². The Hall–Kier alpha value is -2.24. The minimum absolute atomic E-state index is 0.0125. The molecule has 0 saturated carbocycles. The zero-order valence-electron chi connectivity index (χ0n) is 9.91. The number of hydrogen-bond donors (Lipinski definition) is 2. The molecule has 0 aliphatic rings. The average Bonchev–Trinajstić information content (AvgIpc) is 2.37. The monoisotopic (exact) mass is 267 g/mol. The lowest BCUT2D eigenvalue weighted by molar-refractivity contribution is -0.136. The number of anilines is 2. The number of alkyl halides is 3. The van der Waals surface area contributed by atoms with E-state index in [1.807, 2.05) is 0 Å². The Morgan fingerprint density at radius 3 is 2.42 bits per heavy atom. The summed E-state index contributed by atoms with van der Waals surface area (Å²) in [4.78, 5) is 3.84. The van der Waals surface area contributed by atoms with Crippen LogP contribution in [0.15, 0.2) is 42.7 Å². The van der Waals surface area contributed by atoms with Crippen LogP contribution in [-0.2, 0) is 12.7 Å². The van der Waals surface area contributed by atoms with E-state index in [0.29, 0.717) is 0 Å². The van der Waals surface area contributed by atoms with Crippen LogP contribution in [0.5, 0.6) is 0 Å². The molecule has 0 fully saturated rings. The number of hydrogen-bond acceptors (Lipinski definition) is 3. The van der Waals surface area contributed by atoms with Crippen molar-refractivity contribution >= 4 is 11.4 Å². The maximum Gasteiger partial charge on any atom is 0.418 e. The number of aromatic nitrogens is 1.